The van der Waals surface area contributed by atoms with Crippen molar-refractivity contribution in [1.82, 2.24) is 9.13 Å². The molecule has 3 aromatic carbocycles. The lowest BCUT2D eigenvalue weighted by atomic mass is 10.1. The molecular weight excluding hydrogens is 362 g/mol. The third-order valence-electron chi connectivity index (χ3n) is 4.62. The minimum Gasteiger partial charge on any atom is -0.491 e. The Balaban J connectivity index is 0.00000210. The highest BCUT2D eigenvalue weighted by atomic mass is 35.5. The number of nitrogens with one attached hydrogen (secondary N) is 1. The van der Waals surface area contributed by atoms with E-state index in [1.54, 1.807) is 0 Å². The maximum atomic E-state index is 9.30. The maximum absolute atomic E-state index is 9.30. The Morgan fingerprint density at radius 3 is 2.19 bits per heavy atom. The van der Waals surface area contributed by atoms with Crippen LogP contribution in [0.15, 0.2) is 66.7 Å². The van der Waals surface area contributed by atoms with Crippen LogP contribution < -0.4 is 10.4 Å². The van der Waals surface area contributed by atoms with Crippen LogP contribution in [-0.4, -0.2) is 27.5 Å². The first-order valence-corrected chi connectivity index (χ1v) is 8.73. The zero-order valence-electron chi connectivity index (χ0n) is 14.8. The van der Waals surface area contributed by atoms with Crippen molar-refractivity contribution in [2.24, 2.45) is 0 Å². The Kier molecular flexibility index (Phi) is 5.84. The van der Waals surface area contributed by atoms with Gasteiger partial charge in [-0.2, -0.15) is 0 Å². The van der Waals surface area contributed by atoms with Crippen LogP contribution in [0, 0.1) is 5.41 Å². The highest BCUT2D eigenvalue weighted by Crippen LogP contribution is 2.25. The predicted octanol–water partition coefficient (Wildman–Crippen LogP) is 3.57. The fourth-order valence-corrected chi connectivity index (χ4v) is 3.42. The van der Waals surface area contributed by atoms with Gasteiger partial charge in [0.2, 0.25) is 5.62 Å². The second kappa shape index (κ2) is 8.29. The van der Waals surface area contributed by atoms with Crippen LogP contribution in [0.1, 0.15) is 0 Å². The molecule has 0 aliphatic carbocycles. The van der Waals surface area contributed by atoms with Gasteiger partial charge in [-0.25, -0.2) is 0 Å². The van der Waals surface area contributed by atoms with Gasteiger partial charge in [0.25, 0.3) is 0 Å². The molecule has 0 aliphatic rings. The normalized spacial score (nSPS) is 10.9. The standard InChI is InChI=1S/C21H21N3O2.ClH/c22-21-23(12-14-25)18-9-3-4-10-19(18)24(21)13-15-26-20-11-5-7-16-6-1-2-8-17(16)20;/h1-11,22,25H,12-15H2;1H. The number of rotatable bonds is 6. The number of imidazole rings is 1. The van der Waals surface area contributed by atoms with E-state index in [1.807, 2.05) is 57.7 Å². The van der Waals surface area contributed by atoms with Crippen LogP contribution in [-0.2, 0) is 13.1 Å². The highest BCUT2D eigenvalue weighted by molar-refractivity contribution is 5.88. The summed E-state index contributed by atoms with van der Waals surface area (Å²) in [5.41, 5.74) is 2.31. The van der Waals surface area contributed by atoms with Crippen LogP contribution in [0.4, 0.5) is 0 Å². The zero-order chi connectivity index (χ0) is 17.9. The zero-order valence-corrected chi connectivity index (χ0v) is 15.7. The van der Waals surface area contributed by atoms with Crippen molar-refractivity contribution in [3.05, 3.63) is 72.3 Å². The number of hydrogen-bond donors (Lipinski definition) is 2. The molecule has 0 unspecified atom stereocenters. The molecule has 6 heteroatoms. The fraction of sp³-hybridized carbons (Fsp3) is 0.190. The largest absolute Gasteiger partial charge is 0.491 e. The fourth-order valence-electron chi connectivity index (χ4n) is 3.42. The lowest BCUT2D eigenvalue weighted by Crippen LogP contribution is -2.27. The summed E-state index contributed by atoms with van der Waals surface area (Å²) >= 11 is 0. The summed E-state index contributed by atoms with van der Waals surface area (Å²) < 4.78 is 9.79. The van der Waals surface area contributed by atoms with Gasteiger partial charge in [-0.3, -0.25) is 5.41 Å². The Morgan fingerprint density at radius 1 is 0.815 bits per heavy atom. The highest BCUT2D eigenvalue weighted by Gasteiger charge is 2.10. The van der Waals surface area contributed by atoms with Gasteiger partial charge in [0.05, 0.1) is 24.2 Å². The van der Waals surface area contributed by atoms with E-state index in [2.05, 4.69) is 18.2 Å². The SMILES string of the molecule is Cl.N=c1n(CCO)c2ccccc2n1CCOc1cccc2ccccc12. The van der Waals surface area contributed by atoms with Crippen molar-refractivity contribution in [3.63, 3.8) is 0 Å². The molecule has 0 saturated carbocycles. The minimum absolute atomic E-state index is 0. The van der Waals surface area contributed by atoms with Gasteiger partial charge < -0.3 is 19.0 Å². The second-order valence-corrected chi connectivity index (χ2v) is 6.16. The van der Waals surface area contributed by atoms with Gasteiger partial charge in [-0.15, -0.1) is 12.4 Å². The van der Waals surface area contributed by atoms with Gasteiger partial charge in [-0.1, -0.05) is 48.5 Å². The Hall–Kier alpha value is -2.76. The Morgan fingerprint density at radius 2 is 1.44 bits per heavy atom. The minimum atomic E-state index is 0. The van der Waals surface area contributed by atoms with E-state index >= 15 is 0 Å². The quantitative estimate of drug-likeness (QED) is 0.534. The summed E-state index contributed by atoms with van der Waals surface area (Å²) in [4.78, 5) is 0. The molecule has 4 aromatic rings. The molecule has 0 amide bonds. The van der Waals surface area contributed by atoms with E-state index in [-0.39, 0.29) is 19.0 Å². The first-order valence-electron chi connectivity index (χ1n) is 8.73. The van der Waals surface area contributed by atoms with Gasteiger partial charge in [-0.05, 0) is 23.6 Å². The van der Waals surface area contributed by atoms with Crippen LogP contribution in [0.5, 0.6) is 5.75 Å². The summed E-state index contributed by atoms with van der Waals surface area (Å²) in [6.07, 6.45) is 0. The molecule has 0 spiro atoms. The molecular formula is C21H22ClN3O2. The molecule has 4 rings (SSSR count). The first kappa shape index (κ1) is 19.0. The molecule has 0 radical (unpaired) electrons. The number of benzene rings is 3. The molecule has 0 saturated heterocycles. The summed E-state index contributed by atoms with van der Waals surface area (Å²) in [6.45, 7) is 1.46. The molecule has 140 valence electrons. The number of ether oxygens (including phenoxy) is 1. The summed E-state index contributed by atoms with van der Waals surface area (Å²) in [6, 6.07) is 22.1. The Labute approximate surface area is 163 Å². The van der Waals surface area contributed by atoms with Gasteiger partial charge in [0.1, 0.15) is 12.4 Å². The molecule has 2 N–H and O–H groups in total. The number of hydrogen-bond acceptors (Lipinski definition) is 3. The topological polar surface area (TPSA) is 63.2 Å². The first-order chi connectivity index (χ1) is 12.8. The lowest BCUT2D eigenvalue weighted by molar-refractivity contribution is 0.272. The monoisotopic (exact) mass is 383 g/mol. The number of aliphatic hydroxyl groups excluding tert-OH is 1. The van der Waals surface area contributed by atoms with Crippen molar-refractivity contribution in [2.45, 2.75) is 13.1 Å². The van der Waals surface area contributed by atoms with Crippen molar-refractivity contribution >= 4 is 34.2 Å². The molecule has 0 fully saturated rings. The number of nitrogens with zero attached hydrogens (tertiary/aromatic N) is 2. The Bertz CT molecular complexity index is 1110. The summed E-state index contributed by atoms with van der Waals surface area (Å²) in [5, 5.41) is 20.0. The van der Waals surface area contributed by atoms with E-state index in [0.717, 1.165) is 27.6 Å². The number of halogens is 1. The van der Waals surface area contributed by atoms with Crippen molar-refractivity contribution in [1.29, 1.82) is 5.41 Å². The van der Waals surface area contributed by atoms with Crippen molar-refractivity contribution in [3.8, 4) is 5.75 Å². The van der Waals surface area contributed by atoms with Crippen LogP contribution in [0.2, 0.25) is 0 Å². The average Bonchev–Trinajstić information content (AvgIpc) is 2.94. The molecule has 5 nitrogen and oxygen atoms in total. The third kappa shape index (κ3) is 3.56. The second-order valence-electron chi connectivity index (χ2n) is 6.16. The predicted molar refractivity (Wildman–Crippen MR) is 110 cm³/mol. The number of fused-ring (bicyclic) bond motifs is 2. The van der Waals surface area contributed by atoms with E-state index in [9.17, 15) is 5.11 Å². The van der Waals surface area contributed by atoms with Gasteiger partial charge in [0, 0.05) is 11.9 Å². The molecule has 0 atom stereocenters. The average molecular weight is 384 g/mol. The number of aromatic nitrogens is 2. The van der Waals surface area contributed by atoms with E-state index < -0.39 is 0 Å². The number of para-hydroxylation sites is 2. The summed E-state index contributed by atoms with van der Waals surface area (Å²) in [5.74, 6) is 0.856. The third-order valence-corrected chi connectivity index (χ3v) is 4.62. The van der Waals surface area contributed by atoms with E-state index in [0.29, 0.717) is 25.3 Å². The van der Waals surface area contributed by atoms with E-state index in [4.69, 9.17) is 10.1 Å². The molecule has 1 aromatic heterocycles. The van der Waals surface area contributed by atoms with Gasteiger partial charge >= 0.3 is 0 Å². The molecule has 0 bridgehead atoms. The smallest absolute Gasteiger partial charge is 0.203 e. The molecule has 0 aliphatic heterocycles. The van der Waals surface area contributed by atoms with Crippen LogP contribution in [0.3, 0.4) is 0 Å². The van der Waals surface area contributed by atoms with Crippen LogP contribution in [0.25, 0.3) is 21.8 Å². The van der Waals surface area contributed by atoms with Crippen molar-refractivity contribution < 1.29 is 9.84 Å². The van der Waals surface area contributed by atoms with E-state index in [1.165, 1.54) is 0 Å². The van der Waals surface area contributed by atoms with Gasteiger partial charge in [0.15, 0.2) is 0 Å². The lowest BCUT2D eigenvalue weighted by Gasteiger charge is -2.10. The molecule has 27 heavy (non-hydrogen) atoms. The van der Waals surface area contributed by atoms with Crippen molar-refractivity contribution in [2.75, 3.05) is 13.2 Å². The maximum Gasteiger partial charge on any atom is 0.203 e. The number of aliphatic hydroxyl groups is 1. The van der Waals surface area contributed by atoms with Crippen LogP contribution >= 0.6 is 12.4 Å². The molecule has 1 heterocycles. The summed E-state index contributed by atoms with van der Waals surface area (Å²) in [7, 11) is 0.